The maximum absolute atomic E-state index is 12.0. The lowest BCUT2D eigenvalue weighted by molar-refractivity contribution is -0.117. The van der Waals surface area contributed by atoms with E-state index in [1.165, 1.54) is 6.08 Å². The number of anilines is 1. The third-order valence-electron chi connectivity index (χ3n) is 3.16. The van der Waals surface area contributed by atoms with Crippen molar-refractivity contribution < 1.29 is 9.59 Å². The number of nitrogens with one attached hydrogen (secondary N) is 2. The van der Waals surface area contributed by atoms with Crippen molar-refractivity contribution in [3.05, 3.63) is 72.6 Å². The SMILES string of the molecule is C=CC(=O)N[C@@H](C)c1ccc(NC(=O)c2ccncc2)cc1. The van der Waals surface area contributed by atoms with Crippen LogP contribution in [0.3, 0.4) is 0 Å². The molecule has 0 aliphatic carbocycles. The molecule has 0 saturated heterocycles. The molecule has 0 fully saturated rings. The normalized spacial score (nSPS) is 11.3. The zero-order valence-corrected chi connectivity index (χ0v) is 12.2. The zero-order valence-electron chi connectivity index (χ0n) is 12.2. The van der Waals surface area contributed by atoms with Gasteiger partial charge in [0.25, 0.3) is 5.91 Å². The Morgan fingerprint density at radius 2 is 1.77 bits per heavy atom. The Kier molecular flexibility index (Phi) is 5.03. The predicted octanol–water partition coefficient (Wildman–Crippen LogP) is 2.70. The number of hydrogen-bond acceptors (Lipinski definition) is 3. The van der Waals surface area contributed by atoms with E-state index >= 15 is 0 Å². The van der Waals surface area contributed by atoms with Gasteiger partial charge in [0.05, 0.1) is 6.04 Å². The van der Waals surface area contributed by atoms with Gasteiger partial charge in [-0.15, -0.1) is 0 Å². The summed E-state index contributed by atoms with van der Waals surface area (Å²) in [5, 5.41) is 5.59. The molecule has 22 heavy (non-hydrogen) atoms. The minimum absolute atomic E-state index is 0.129. The molecule has 112 valence electrons. The summed E-state index contributed by atoms with van der Waals surface area (Å²) in [5.41, 5.74) is 2.18. The van der Waals surface area contributed by atoms with Gasteiger partial charge in [0.2, 0.25) is 5.91 Å². The highest BCUT2D eigenvalue weighted by Gasteiger charge is 2.08. The number of nitrogens with zero attached hydrogens (tertiary/aromatic N) is 1. The molecule has 5 nitrogen and oxygen atoms in total. The summed E-state index contributed by atoms with van der Waals surface area (Å²) in [6.45, 7) is 5.30. The van der Waals surface area contributed by atoms with Crippen LogP contribution in [-0.4, -0.2) is 16.8 Å². The van der Waals surface area contributed by atoms with Gasteiger partial charge in [-0.3, -0.25) is 14.6 Å². The first-order valence-corrected chi connectivity index (χ1v) is 6.84. The molecule has 0 spiro atoms. The van der Waals surface area contributed by atoms with Crippen molar-refractivity contribution in [2.45, 2.75) is 13.0 Å². The van der Waals surface area contributed by atoms with Gasteiger partial charge in [-0.2, -0.15) is 0 Å². The monoisotopic (exact) mass is 295 g/mol. The Hall–Kier alpha value is -2.95. The van der Waals surface area contributed by atoms with Crippen LogP contribution >= 0.6 is 0 Å². The number of hydrogen-bond donors (Lipinski definition) is 2. The molecule has 0 aliphatic heterocycles. The Balaban J connectivity index is 2.01. The molecule has 0 saturated carbocycles. The number of pyridine rings is 1. The summed E-state index contributed by atoms with van der Waals surface area (Å²) in [4.78, 5) is 27.2. The second-order valence-corrected chi connectivity index (χ2v) is 4.75. The van der Waals surface area contributed by atoms with E-state index < -0.39 is 0 Å². The van der Waals surface area contributed by atoms with Crippen LogP contribution in [0.1, 0.15) is 28.9 Å². The van der Waals surface area contributed by atoms with Gasteiger partial charge in [-0.25, -0.2) is 0 Å². The van der Waals surface area contributed by atoms with Crippen LogP contribution in [0, 0.1) is 0 Å². The molecule has 1 aromatic carbocycles. The Labute approximate surface area is 129 Å². The fourth-order valence-corrected chi connectivity index (χ4v) is 1.92. The molecule has 0 unspecified atom stereocenters. The highest BCUT2D eigenvalue weighted by molar-refractivity contribution is 6.04. The van der Waals surface area contributed by atoms with Crippen LogP contribution in [0.4, 0.5) is 5.69 Å². The number of carbonyl (C=O) groups is 2. The molecule has 2 rings (SSSR count). The third kappa shape index (κ3) is 4.02. The second kappa shape index (κ2) is 7.17. The minimum atomic E-state index is -0.220. The first-order chi connectivity index (χ1) is 10.6. The highest BCUT2D eigenvalue weighted by atomic mass is 16.2. The zero-order chi connectivity index (χ0) is 15.9. The van der Waals surface area contributed by atoms with Crippen LogP contribution < -0.4 is 10.6 Å². The van der Waals surface area contributed by atoms with Crippen LogP contribution in [0.2, 0.25) is 0 Å². The average Bonchev–Trinajstić information content (AvgIpc) is 2.56. The van der Waals surface area contributed by atoms with E-state index in [-0.39, 0.29) is 17.9 Å². The number of carbonyl (C=O) groups excluding carboxylic acids is 2. The molecule has 1 aromatic heterocycles. The maximum atomic E-state index is 12.0. The van der Waals surface area contributed by atoms with Crippen molar-refractivity contribution in [3.8, 4) is 0 Å². The molecular weight excluding hydrogens is 278 g/mol. The molecule has 2 N–H and O–H groups in total. The van der Waals surface area contributed by atoms with E-state index in [1.54, 1.807) is 36.7 Å². The fourth-order valence-electron chi connectivity index (χ4n) is 1.92. The quantitative estimate of drug-likeness (QED) is 0.833. The molecule has 2 amide bonds. The van der Waals surface area contributed by atoms with Crippen LogP contribution in [0.5, 0.6) is 0 Å². The van der Waals surface area contributed by atoms with Crippen LogP contribution in [0.25, 0.3) is 0 Å². The van der Waals surface area contributed by atoms with Gasteiger partial charge in [0.15, 0.2) is 0 Å². The topological polar surface area (TPSA) is 71.1 Å². The molecule has 0 aliphatic rings. The first kappa shape index (κ1) is 15.4. The molecule has 5 heteroatoms. The molecule has 1 heterocycles. The summed E-state index contributed by atoms with van der Waals surface area (Å²) in [6.07, 6.45) is 4.38. The Morgan fingerprint density at radius 3 is 2.36 bits per heavy atom. The van der Waals surface area contributed by atoms with Crippen LogP contribution in [0.15, 0.2) is 61.4 Å². The third-order valence-corrected chi connectivity index (χ3v) is 3.16. The van der Waals surface area contributed by atoms with Gasteiger partial charge in [-0.1, -0.05) is 18.7 Å². The smallest absolute Gasteiger partial charge is 0.255 e. The Bertz CT molecular complexity index is 666. The van der Waals surface area contributed by atoms with Crippen molar-refractivity contribution in [1.82, 2.24) is 10.3 Å². The van der Waals surface area contributed by atoms with E-state index in [0.717, 1.165) is 5.56 Å². The molecule has 1 atom stereocenters. The number of aromatic nitrogens is 1. The van der Waals surface area contributed by atoms with Crippen molar-refractivity contribution in [2.75, 3.05) is 5.32 Å². The maximum Gasteiger partial charge on any atom is 0.255 e. The summed E-state index contributed by atoms with van der Waals surface area (Å²) in [6, 6.07) is 10.5. The largest absolute Gasteiger partial charge is 0.346 e. The molecule has 0 bridgehead atoms. The van der Waals surface area contributed by atoms with Crippen molar-refractivity contribution >= 4 is 17.5 Å². The van der Waals surface area contributed by atoms with Gasteiger partial charge >= 0.3 is 0 Å². The standard InChI is InChI=1S/C17H17N3O2/c1-3-16(21)19-12(2)13-4-6-15(7-5-13)20-17(22)14-8-10-18-11-9-14/h3-12H,1H2,2H3,(H,19,21)(H,20,22)/t12-/m0/s1. The van der Waals surface area contributed by atoms with E-state index in [4.69, 9.17) is 0 Å². The van der Waals surface area contributed by atoms with Gasteiger partial charge in [0.1, 0.15) is 0 Å². The van der Waals surface area contributed by atoms with Crippen molar-refractivity contribution in [2.24, 2.45) is 0 Å². The van der Waals surface area contributed by atoms with Crippen molar-refractivity contribution in [3.63, 3.8) is 0 Å². The Morgan fingerprint density at radius 1 is 1.14 bits per heavy atom. The number of amides is 2. The highest BCUT2D eigenvalue weighted by Crippen LogP contribution is 2.16. The van der Waals surface area contributed by atoms with E-state index in [9.17, 15) is 9.59 Å². The van der Waals surface area contributed by atoms with Gasteiger partial charge in [-0.05, 0) is 42.8 Å². The lowest BCUT2D eigenvalue weighted by Gasteiger charge is -2.13. The second-order valence-electron chi connectivity index (χ2n) is 4.75. The molecule has 0 radical (unpaired) electrons. The summed E-state index contributed by atoms with van der Waals surface area (Å²) < 4.78 is 0. The summed E-state index contributed by atoms with van der Waals surface area (Å²) >= 11 is 0. The van der Waals surface area contributed by atoms with E-state index in [2.05, 4.69) is 22.2 Å². The minimum Gasteiger partial charge on any atom is -0.346 e. The van der Waals surface area contributed by atoms with Crippen molar-refractivity contribution in [1.29, 1.82) is 0 Å². The van der Waals surface area contributed by atoms with Gasteiger partial charge in [0, 0.05) is 23.6 Å². The molecule has 2 aromatic rings. The summed E-state index contributed by atoms with van der Waals surface area (Å²) in [7, 11) is 0. The molecular formula is C17H17N3O2. The van der Waals surface area contributed by atoms with Crippen LogP contribution in [-0.2, 0) is 4.79 Å². The number of rotatable bonds is 5. The fraction of sp³-hybridized carbons (Fsp3) is 0.118. The predicted molar refractivity (Wildman–Crippen MR) is 85.4 cm³/mol. The van der Waals surface area contributed by atoms with E-state index in [0.29, 0.717) is 11.3 Å². The number of benzene rings is 1. The lowest BCUT2D eigenvalue weighted by Crippen LogP contribution is -2.24. The first-order valence-electron chi connectivity index (χ1n) is 6.84. The summed E-state index contributed by atoms with van der Waals surface area (Å²) in [5.74, 6) is -0.411. The average molecular weight is 295 g/mol. The lowest BCUT2D eigenvalue weighted by atomic mass is 10.1. The van der Waals surface area contributed by atoms with E-state index in [1.807, 2.05) is 19.1 Å². The van der Waals surface area contributed by atoms with Gasteiger partial charge < -0.3 is 10.6 Å².